The molecular formula is C27H42N4O5. The molecule has 1 aromatic carbocycles. The summed E-state index contributed by atoms with van der Waals surface area (Å²) >= 11 is 0. The highest BCUT2D eigenvalue weighted by Gasteiger charge is 2.34. The Morgan fingerprint density at radius 3 is 2.53 bits per heavy atom. The number of hydrogen-bond acceptors (Lipinski definition) is 5. The lowest BCUT2D eigenvalue weighted by Crippen LogP contribution is -2.51. The van der Waals surface area contributed by atoms with Gasteiger partial charge in [0.25, 0.3) is 5.91 Å². The Balaban J connectivity index is 1.87. The number of hydrogen-bond donors (Lipinski definition) is 3. The van der Waals surface area contributed by atoms with Crippen LogP contribution >= 0.6 is 0 Å². The second-order valence-corrected chi connectivity index (χ2v) is 10.6. The lowest BCUT2D eigenvalue weighted by molar-refractivity contribution is -0.120. The van der Waals surface area contributed by atoms with Crippen LogP contribution in [0, 0.1) is 11.8 Å². The fourth-order valence-corrected chi connectivity index (χ4v) is 4.84. The zero-order chi connectivity index (χ0) is 26.4. The molecule has 0 radical (unpaired) electrons. The normalized spacial score (nSPS) is 21.6. The van der Waals surface area contributed by atoms with Crippen LogP contribution in [0.15, 0.2) is 18.2 Å². The first-order valence-corrected chi connectivity index (χ1v) is 13.2. The summed E-state index contributed by atoms with van der Waals surface area (Å²) in [6, 6.07) is 4.56. The number of urea groups is 1. The molecule has 9 heteroatoms. The second-order valence-electron chi connectivity index (χ2n) is 10.6. The molecule has 36 heavy (non-hydrogen) atoms. The molecule has 4 amide bonds. The fraction of sp³-hybridized carbons (Fsp3) is 0.667. The van der Waals surface area contributed by atoms with Crippen molar-refractivity contribution in [3.8, 4) is 5.75 Å². The van der Waals surface area contributed by atoms with Gasteiger partial charge in [0.15, 0.2) is 0 Å². The Bertz CT molecular complexity index is 931. The second kappa shape index (κ2) is 12.4. The highest BCUT2D eigenvalue weighted by atomic mass is 16.5. The van der Waals surface area contributed by atoms with E-state index in [1.54, 1.807) is 42.0 Å². The molecule has 1 aliphatic carbocycles. The number of anilines is 1. The molecule has 9 nitrogen and oxygen atoms in total. The van der Waals surface area contributed by atoms with Gasteiger partial charge in [-0.15, -0.1) is 0 Å². The molecule has 1 saturated carbocycles. The van der Waals surface area contributed by atoms with Crippen LogP contribution in [0.2, 0.25) is 0 Å². The van der Waals surface area contributed by atoms with Gasteiger partial charge in [0.1, 0.15) is 11.9 Å². The predicted octanol–water partition coefficient (Wildman–Crippen LogP) is 3.48. The van der Waals surface area contributed by atoms with E-state index in [0.717, 1.165) is 25.7 Å². The standard InChI is InChI=1S/C27H42N4O5/c1-17(2)28-27(35)30(5)15-24-18(3)14-31(19(4)16-32)26(34)22-13-21(11-12-23(22)36-24)29-25(33)20-9-7-6-8-10-20/h11-13,17-20,24,32H,6-10,14-16H2,1-5H3,(H,28,35)(H,29,33)/t18-,19+,24+/m1/s1. The first-order valence-electron chi connectivity index (χ1n) is 13.2. The van der Waals surface area contributed by atoms with Crippen LogP contribution in [0.3, 0.4) is 0 Å². The lowest BCUT2D eigenvalue weighted by atomic mass is 9.88. The van der Waals surface area contributed by atoms with Crippen LogP contribution < -0.4 is 15.4 Å². The number of carbonyl (C=O) groups excluding carboxylic acids is 3. The average molecular weight is 503 g/mol. The number of nitrogens with one attached hydrogen (secondary N) is 2. The molecule has 0 saturated heterocycles. The van der Waals surface area contributed by atoms with Crippen molar-refractivity contribution < 1.29 is 24.2 Å². The smallest absolute Gasteiger partial charge is 0.317 e. The van der Waals surface area contributed by atoms with Crippen LogP contribution in [0.5, 0.6) is 5.75 Å². The molecule has 0 spiro atoms. The molecule has 3 N–H and O–H groups in total. The molecule has 1 aliphatic heterocycles. The minimum Gasteiger partial charge on any atom is -0.487 e. The summed E-state index contributed by atoms with van der Waals surface area (Å²) in [5.41, 5.74) is 0.888. The van der Waals surface area contributed by atoms with E-state index in [-0.39, 0.29) is 48.4 Å². The molecule has 3 atom stereocenters. The summed E-state index contributed by atoms with van der Waals surface area (Å²) < 4.78 is 6.34. The Kier molecular flexibility index (Phi) is 9.59. The van der Waals surface area contributed by atoms with Crippen molar-refractivity contribution >= 4 is 23.5 Å². The van der Waals surface area contributed by atoms with E-state index in [1.807, 2.05) is 20.8 Å². The van der Waals surface area contributed by atoms with Crippen LogP contribution in [0.1, 0.15) is 70.2 Å². The Labute approximate surface area is 214 Å². The van der Waals surface area contributed by atoms with Gasteiger partial charge in [-0.2, -0.15) is 0 Å². The van der Waals surface area contributed by atoms with E-state index in [0.29, 0.717) is 30.1 Å². The Hall–Kier alpha value is -2.81. The van der Waals surface area contributed by atoms with Crippen LogP contribution in [0.25, 0.3) is 0 Å². The summed E-state index contributed by atoms with van der Waals surface area (Å²) in [6.07, 6.45) is 4.69. The number of nitrogens with zero attached hydrogens (tertiary/aromatic N) is 2. The largest absolute Gasteiger partial charge is 0.487 e. The summed E-state index contributed by atoms with van der Waals surface area (Å²) in [4.78, 5) is 42.1. The van der Waals surface area contributed by atoms with E-state index in [2.05, 4.69) is 10.6 Å². The number of carbonyl (C=O) groups is 3. The zero-order valence-electron chi connectivity index (χ0n) is 22.3. The number of likely N-dealkylation sites (N-methyl/N-ethyl adjacent to an activating group) is 1. The van der Waals surface area contributed by atoms with Gasteiger partial charge in [-0.25, -0.2) is 4.79 Å². The van der Waals surface area contributed by atoms with Gasteiger partial charge in [-0.3, -0.25) is 9.59 Å². The first-order chi connectivity index (χ1) is 17.1. The van der Waals surface area contributed by atoms with Gasteiger partial charge in [0.05, 0.1) is 24.8 Å². The number of benzene rings is 1. The van der Waals surface area contributed by atoms with Crippen LogP contribution in [-0.4, -0.2) is 77.7 Å². The quantitative estimate of drug-likeness (QED) is 0.529. The van der Waals surface area contributed by atoms with E-state index < -0.39 is 6.04 Å². The molecule has 3 rings (SSSR count). The maximum atomic E-state index is 13.6. The highest BCUT2D eigenvalue weighted by molar-refractivity contribution is 6.00. The van der Waals surface area contributed by atoms with Gasteiger partial charge < -0.3 is 30.3 Å². The SMILES string of the molecule is CC(C)NC(=O)N(C)C[C@@H]1Oc2ccc(NC(=O)C3CCCCC3)cc2C(=O)N([C@@H](C)CO)C[C@H]1C. The number of aliphatic hydroxyl groups is 1. The van der Waals surface area contributed by atoms with Gasteiger partial charge in [0, 0.05) is 37.2 Å². The minimum atomic E-state index is -0.394. The van der Waals surface area contributed by atoms with Crippen molar-refractivity contribution in [2.45, 2.75) is 78.0 Å². The number of rotatable bonds is 7. The Morgan fingerprint density at radius 2 is 1.89 bits per heavy atom. The molecule has 1 aromatic rings. The topological polar surface area (TPSA) is 111 Å². The molecule has 0 unspecified atom stereocenters. The van der Waals surface area contributed by atoms with Crippen molar-refractivity contribution in [3.63, 3.8) is 0 Å². The number of ether oxygens (including phenoxy) is 1. The molecule has 0 aromatic heterocycles. The number of fused-ring (bicyclic) bond motifs is 1. The molecule has 1 heterocycles. The summed E-state index contributed by atoms with van der Waals surface area (Å²) in [5.74, 6) is 0.0303. The first kappa shape index (κ1) is 27.8. The van der Waals surface area contributed by atoms with Crippen LogP contribution in [-0.2, 0) is 4.79 Å². The molecule has 200 valence electrons. The zero-order valence-corrected chi connectivity index (χ0v) is 22.3. The predicted molar refractivity (Wildman–Crippen MR) is 139 cm³/mol. The van der Waals surface area contributed by atoms with Crippen molar-refractivity contribution in [2.24, 2.45) is 11.8 Å². The average Bonchev–Trinajstić information content (AvgIpc) is 2.86. The molecule has 1 fully saturated rings. The van der Waals surface area contributed by atoms with Gasteiger partial charge >= 0.3 is 6.03 Å². The van der Waals surface area contributed by atoms with Crippen LogP contribution in [0.4, 0.5) is 10.5 Å². The van der Waals surface area contributed by atoms with Crippen molar-refractivity contribution in [3.05, 3.63) is 23.8 Å². The summed E-state index contributed by atoms with van der Waals surface area (Å²) in [5, 5.41) is 15.7. The summed E-state index contributed by atoms with van der Waals surface area (Å²) in [6.45, 7) is 8.11. The van der Waals surface area contributed by atoms with Crippen molar-refractivity contribution in [2.75, 3.05) is 32.1 Å². The monoisotopic (exact) mass is 502 g/mol. The molecular weight excluding hydrogens is 460 g/mol. The highest BCUT2D eigenvalue weighted by Crippen LogP contribution is 2.31. The lowest BCUT2D eigenvalue weighted by Gasteiger charge is -2.38. The third-order valence-corrected chi connectivity index (χ3v) is 7.12. The van der Waals surface area contributed by atoms with Gasteiger partial charge in [0.2, 0.25) is 5.91 Å². The van der Waals surface area contributed by atoms with Gasteiger partial charge in [-0.1, -0.05) is 26.2 Å². The van der Waals surface area contributed by atoms with Crippen molar-refractivity contribution in [1.29, 1.82) is 0 Å². The third-order valence-electron chi connectivity index (χ3n) is 7.12. The number of amides is 4. The Morgan fingerprint density at radius 1 is 1.19 bits per heavy atom. The maximum absolute atomic E-state index is 13.6. The van der Waals surface area contributed by atoms with Crippen molar-refractivity contribution in [1.82, 2.24) is 15.1 Å². The minimum absolute atomic E-state index is 0.00336. The maximum Gasteiger partial charge on any atom is 0.317 e. The van der Waals surface area contributed by atoms with Gasteiger partial charge in [-0.05, 0) is 51.8 Å². The third kappa shape index (κ3) is 6.90. The fourth-order valence-electron chi connectivity index (χ4n) is 4.84. The van der Waals surface area contributed by atoms with E-state index in [1.165, 1.54) is 6.42 Å². The van der Waals surface area contributed by atoms with E-state index in [9.17, 15) is 19.5 Å². The number of aliphatic hydroxyl groups excluding tert-OH is 1. The summed E-state index contributed by atoms with van der Waals surface area (Å²) in [7, 11) is 1.72. The van der Waals surface area contributed by atoms with E-state index >= 15 is 0 Å². The molecule has 0 bridgehead atoms. The van der Waals surface area contributed by atoms with E-state index in [4.69, 9.17) is 4.74 Å². The molecule has 2 aliphatic rings.